The van der Waals surface area contributed by atoms with Crippen molar-refractivity contribution in [2.75, 3.05) is 13.1 Å². The second-order valence-corrected chi connectivity index (χ2v) is 7.48. The van der Waals surface area contributed by atoms with Crippen LogP contribution in [0.3, 0.4) is 0 Å². The lowest BCUT2D eigenvalue weighted by Crippen LogP contribution is -2.38. The molecule has 1 aliphatic rings. The Kier molecular flexibility index (Phi) is 7.07. The minimum absolute atomic E-state index is 0. The van der Waals surface area contributed by atoms with Crippen LogP contribution in [-0.2, 0) is 24.9 Å². The predicted molar refractivity (Wildman–Crippen MR) is 117 cm³/mol. The van der Waals surface area contributed by atoms with E-state index in [1.165, 1.54) is 0 Å². The summed E-state index contributed by atoms with van der Waals surface area (Å²) in [6, 6.07) is 20.4. The van der Waals surface area contributed by atoms with Gasteiger partial charge in [0.15, 0.2) is 0 Å². The van der Waals surface area contributed by atoms with Crippen LogP contribution in [0.1, 0.15) is 22.6 Å². The number of benzene rings is 2. The Bertz CT molecular complexity index is 871. The van der Waals surface area contributed by atoms with Gasteiger partial charge >= 0.3 is 0 Å². The van der Waals surface area contributed by atoms with Crippen molar-refractivity contribution >= 4 is 18.3 Å². The number of carbonyl (C=O) groups excluding carboxylic acids is 1. The molecule has 5 nitrogen and oxygen atoms in total. The molecule has 1 N–H and O–H groups in total. The molecule has 2 aromatic carbocycles. The van der Waals surface area contributed by atoms with Crippen LogP contribution < -0.4 is 5.32 Å². The molecular formula is C23H27ClN4O. The fourth-order valence-corrected chi connectivity index (χ4v) is 3.97. The molecule has 29 heavy (non-hydrogen) atoms. The summed E-state index contributed by atoms with van der Waals surface area (Å²) in [6.07, 6.45) is 3.91. The molecular weight excluding hydrogens is 384 g/mol. The number of amides is 1. The van der Waals surface area contributed by atoms with E-state index in [1.807, 2.05) is 60.7 Å². The van der Waals surface area contributed by atoms with Crippen molar-refractivity contribution in [3.8, 4) is 0 Å². The summed E-state index contributed by atoms with van der Waals surface area (Å²) in [5.74, 6) is 0.290. The maximum absolute atomic E-state index is 13.6. The van der Waals surface area contributed by atoms with Crippen molar-refractivity contribution in [3.05, 3.63) is 89.7 Å². The lowest BCUT2D eigenvalue weighted by atomic mass is 9.89. The maximum Gasteiger partial charge on any atom is 0.228 e. The molecule has 1 amide bonds. The third kappa shape index (κ3) is 5.05. The van der Waals surface area contributed by atoms with Gasteiger partial charge in [-0.15, -0.1) is 12.4 Å². The summed E-state index contributed by atoms with van der Waals surface area (Å²) in [4.78, 5) is 15.6. The zero-order chi connectivity index (χ0) is 19.3. The third-order valence-corrected chi connectivity index (χ3v) is 5.43. The fraction of sp³-hybridized carbons (Fsp3) is 0.304. The number of aromatic nitrogens is 2. The van der Waals surface area contributed by atoms with Crippen molar-refractivity contribution in [1.82, 2.24) is 20.0 Å². The minimum Gasteiger partial charge on any atom is -0.334 e. The van der Waals surface area contributed by atoms with Crippen LogP contribution in [0.2, 0.25) is 0 Å². The summed E-state index contributed by atoms with van der Waals surface area (Å²) >= 11 is 0. The van der Waals surface area contributed by atoms with Crippen LogP contribution in [0.25, 0.3) is 0 Å². The Labute approximate surface area is 178 Å². The number of aryl methyl sites for hydroxylation is 1. The van der Waals surface area contributed by atoms with E-state index in [9.17, 15) is 4.79 Å². The molecule has 0 unspecified atom stereocenters. The molecule has 1 fully saturated rings. The van der Waals surface area contributed by atoms with Gasteiger partial charge in [-0.25, -0.2) is 0 Å². The molecule has 1 aromatic heterocycles. The second kappa shape index (κ2) is 9.72. The minimum atomic E-state index is -0.0726. The number of hydrogen-bond acceptors (Lipinski definition) is 3. The molecule has 4 rings (SSSR count). The third-order valence-electron chi connectivity index (χ3n) is 5.43. The molecule has 152 valence electrons. The van der Waals surface area contributed by atoms with Crippen LogP contribution in [0.15, 0.2) is 73.1 Å². The van der Waals surface area contributed by atoms with Gasteiger partial charge < -0.3 is 10.2 Å². The van der Waals surface area contributed by atoms with Crippen LogP contribution in [0, 0.1) is 5.92 Å². The van der Waals surface area contributed by atoms with E-state index in [2.05, 4.69) is 34.7 Å². The Hall–Kier alpha value is -2.63. The molecule has 0 spiro atoms. The molecule has 2 atom stereocenters. The van der Waals surface area contributed by atoms with E-state index in [0.717, 1.165) is 23.2 Å². The SMILES string of the molecule is Cl.Cn1cc([C@H]2CNC[C@@H]2C(=O)N(Cc2ccccc2)Cc2ccccc2)cn1. The van der Waals surface area contributed by atoms with Crippen molar-refractivity contribution in [3.63, 3.8) is 0 Å². The number of halogens is 1. The molecule has 0 aliphatic carbocycles. The average molecular weight is 411 g/mol. The summed E-state index contributed by atoms with van der Waals surface area (Å²) in [7, 11) is 1.92. The first-order valence-electron chi connectivity index (χ1n) is 9.76. The summed E-state index contributed by atoms with van der Waals surface area (Å²) in [5, 5.41) is 7.71. The van der Waals surface area contributed by atoms with E-state index in [4.69, 9.17) is 0 Å². The van der Waals surface area contributed by atoms with E-state index in [1.54, 1.807) is 4.68 Å². The Morgan fingerprint density at radius 3 is 2.14 bits per heavy atom. The topological polar surface area (TPSA) is 50.2 Å². The van der Waals surface area contributed by atoms with E-state index >= 15 is 0 Å². The molecule has 3 aromatic rings. The Morgan fingerprint density at radius 2 is 1.62 bits per heavy atom. The van der Waals surface area contributed by atoms with Crippen LogP contribution in [0.4, 0.5) is 0 Å². The molecule has 0 saturated carbocycles. The summed E-state index contributed by atoms with van der Waals surface area (Å²) in [6.45, 7) is 2.75. The van der Waals surface area contributed by atoms with Gasteiger partial charge in [0.2, 0.25) is 5.91 Å². The number of carbonyl (C=O) groups is 1. The summed E-state index contributed by atoms with van der Waals surface area (Å²) < 4.78 is 1.81. The second-order valence-electron chi connectivity index (χ2n) is 7.48. The zero-order valence-corrected chi connectivity index (χ0v) is 17.4. The van der Waals surface area contributed by atoms with Crippen LogP contribution in [0.5, 0.6) is 0 Å². The van der Waals surface area contributed by atoms with Crippen molar-refractivity contribution < 1.29 is 4.79 Å². The molecule has 2 heterocycles. The Balaban J connectivity index is 0.00000240. The predicted octanol–water partition coefficient (Wildman–Crippen LogP) is 3.37. The standard InChI is InChI=1S/C23H26N4O.ClH/c1-26-17-20(12-25-26)21-13-24-14-22(21)23(28)27(15-18-8-4-2-5-9-18)16-19-10-6-3-7-11-19;/h2-12,17,21-22,24H,13-16H2,1H3;1H/t21-,22+;/m1./s1. The van der Waals surface area contributed by atoms with Gasteiger partial charge in [0.25, 0.3) is 0 Å². The monoisotopic (exact) mass is 410 g/mol. The number of rotatable bonds is 6. The van der Waals surface area contributed by atoms with Gasteiger partial charge in [-0.1, -0.05) is 60.7 Å². The van der Waals surface area contributed by atoms with E-state index in [-0.39, 0.29) is 30.2 Å². The highest BCUT2D eigenvalue weighted by Crippen LogP contribution is 2.30. The Morgan fingerprint density at radius 1 is 1.03 bits per heavy atom. The fourth-order valence-electron chi connectivity index (χ4n) is 3.97. The van der Waals surface area contributed by atoms with Gasteiger partial charge in [-0.05, 0) is 16.7 Å². The first-order valence-corrected chi connectivity index (χ1v) is 9.76. The average Bonchev–Trinajstić information content (AvgIpc) is 3.37. The number of nitrogens with one attached hydrogen (secondary N) is 1. The zero-order valence-electron chi connectivity index (χ0n) is 16.6. The smallest absolute Gasteiger partial charge is 0.228 e. The first kappa shape index (κ1) is 21.1. The molecule has 0 bridgehead atoms. The van der Waals surface area contributed by atoms with Crippen LogP contribution in [-0.4, -0.2) is 33.7 Å². The van der Waals surface area contributed by atoms with Gasteiger partial charge in [-0.3, -0.25) is 9.48 Å². The summed E-state index contributed by atoms with van der Waals surface area (Å²) in [5.41, 5.74) is 3.43. The van der Waals surface area contributed by atoms with Gasteiger partial charge in [0.05, 0.1) is 12.1 Å². The maximum atomic E-state index is 13.6. The largest absolute Gasteiger partial charge is 0.334 e. The highest BCUT2D eigenvalue weighted by Gasteiger charge is 2.37. The molecule has 6 heteroatoms. The molecule has 1 aliphatic heterocycles. The van der Waals surface area contributed by atoms with Crippen molar-refractivity contribution in [2.24, 2.45) is 13.0 Å². The van der Waals surface area contributed by atoms with Crippen molar-refractivity contribution in [1.29, 1.82) is 0 Å². The molecule has 1 saturated heterocycles. The number of nitrogens with zero attached hydrogens (tertiary/aromatic N) is 3. The van der Waals surface area contributed by atoms with Gasteiger partial charge in [-0.2, -0.15) is 5.10 Å². The normalized spacial score (nSPS) is 18.2. The highest BCUT2D eigenvalue weighted by atomic mass is 35.5. The lowest BCUT2D eigenvalue weighted by molar-refractivity contribution is -0.136. The van der Waals surface area contributed by atoms with Crippen LogP contribution >= 0.6 is 12.4 Å². The number of hydrogen-bond donors (Lipinski definition) is 1. The van der Waals surface area contributed by atoms with Crippen molar-refractivity contribution in [2.45, 2.75) is 19.0 Å². The van der Waals surface area contributed by atoms with E-state index < -0.39 is 0 Å². The lowest BCUT2D eigenvalue weighted by Gasteiger charge is -2.28. The van der Waals surface area contributed by atoms with Gasteiger partial charge in [0, 0.05) is 45.3 Å². The van der Waals surface area contributed by atoms with Gasteiger partial charge in [0.1, 0.15) is 0 Å². The quantitative estimate of drug-likeness (QED) is 0.677. The van der Waals surface area contributed by atoms with E-state index in [0.29, 0.717) is 19.6 Å². The first-order chi connectivity index (χ1) is 13.7. The molecule has 0 radical (unpaired) electrons. The highest BCUT2D eigenvalue weighted by molar-refractivity contribution is 5.85.